The third kappa shape index (κ3) is 5.14. The SMILES string of the molecule is CCC(NC(=O)OC(C)(C)C)C(=O)Oc1ccc2c(c1)oc(=O)c1cc(OC)ccc12. The second-order valence-electron chi connectivity index (χ2n) is 7.99. The lowest BCUT2D eigenvalue weighted by atomic mass is 10.1. The summed E-state index contributed by atoms with van der Waals surface area (Å²) >= 11 is 0. The second kappa shape index (κ2) is 8.67. The lowest BCUT2D eigenvalue weighted by molar-refractivity contribution is -0.136. The number of hydrogen-bond acceptors (Lipinski definition) is 7. The van der Waals surface area contributed by atoms with Gasteiger partial charge in [-0.1, -0.05) is 6.92 Å². The van der Waals surface area contributed by atoms with Gasteiger partial charge in [-0.2, -0.15) is 0 Å². The normalized spacial score (nSPS) is 12.4. The summed E-state index contributed by atoms with van der Waals surface area (Å²) in [5, 5.41) is 4.28. The molecule has 0 aliphatic carbocycles. The van der Waals surface area contributed by atoms with E-state index in [2.05, 4.69) is 5.32 Å². The maximum Gasteiger partial charge on any atom is 0.408 e. The minimum Gasteiger partial charge on any atom is -0.497 e. The van der Waals surface area contributed by atoms with Crippen molar-refractivity contribution in [2.24, 2.45) is 0 Å². The Morgan fingerprint density at radius 1 is 1.03 bits per heavy atom. The molecule has 0 aliphatic rings. The number of carbonyl (C=O) groups is 2. The van der Waals surface area contributed by atoms with E-state index >= 15 is 0 Å². The monoisotopic (exact) mass is 427 g/mol. The van der Waals surface area contributed by atoms with Crippen LogP contribution in [0.25, 0.3) is 21.7 Å². The minimum absolute atomic E-state index is 0.193. The third-order valence-electron chi connectivity index (χ3n) is 4.49. The van der Waals surface area contributed by atoms with Gasteiger partial charge < -0.3 is 23.9 Å². The summed E-state index contributed by atoms with van der Waals surface area (Å²) in [7, 11) is 1.52. The molecule has 0 bridgehead atoms. The molecule has 1 unspecified atom stereocenters. The van der Waals surface area contributed by atoms with Crippen LogP contribution >= 0.6 is 0 Å². The first-order valence-electron chi connectivity index (χ1n) is 9.87. The first-order valence-corrected chi connectivity index (χ1v) is 9.87. The van der Waals surface area contributed by atoms with Gasteiger partial charge in [0.05, 0.1) is 12.5 Å². The molecule has 2 aromatic carbocycles. The molecule has 164 valence electrons. The van der Waals surface area contributed by atoms with E-state index in [1.165, 1.54) is 13.2 Å². The quantitative estimate of drug-likeness (QED) is 0.282. The summed E-state index contributed by atoms with van der Waals surface area (Å²) in [6, 6.07) is 9.03. The molecule has 0 spiro atoms. The molecule has 0 radical (unpaired) electrons. The lowest BCUT2D eigenvalue weighted by Gasteiger charge is -2.22. The summed E-state index contributed by atoms with van der Waals surface area (Å²) < 4.78 is 21.2. The van der Waals surface area contributed by atoms with Gasteiger partial charge >= 0.3 is 17.7 Å². The Bertz CT molecular complexity index is 1190. The van der Waals surface area contributed by atoms with Crippen LogP contribution in [0.1, 0.15) is 34.1 Å². The molecule has 0 saturated carbocycles. The van der Waals surface area contributed by atoms with Crippen LogP contribution in [0.2, 0.25) is 0 Å². The molecule has 0 aliphatic heterocycles. The average molecular weight is 427 g/mol. The van der Waals surface area contributed by atoms with Gasteiger partial charge in [-0.15, -0.1) is 0 Å². The fourth-order valence-electron chi connectivity index (χ4n) is 3.05. The van der Waals surface area contributed by atoms with Crippen molar-refractivity contribution in [2.75, 3.05) is 7.11 Å². The van der Waals surface area contributed by atoms with Crippen LogP contribution in [-0.2, 0) is 9.53 Å². The number of ether oxygens (including phenoxy) is 3. The largest absolute Gasteiger partial charge is 0.497 e. The van der Waals surface area contributed by atoms with Gasteiger partial charge in [0.1, 0.15) is 28.7 Å². The van der Waals surface area contributed by atoms with Crippen molar-refractivity contribution in [1.29, 1.82) is 0 Å². The molecule has 31 heavy (non-hydrogen) atoms. The maximum atomic E-state index is 12.5. The Kier molecular flexibility index (Phi) is 6.19. The summed E-state index contributed by atoms with van der Waals surface area (Å²) in [4.78, 5) is 36.9. The van der Waals surface area contributed by atoms with Crippen LogP contribution in [0.4, 0.5) is 4.79 Å². The highest BCUT2D eigenvalue weighted by atomic mass is 16.6. The van der Waals surface area contributed by atoms with E-state index in [0.29, 0.717) is 28.3 Å². The fraction of sp³-hybridized carbons (Fsp3) is 0.348. The van der Waals surface area contributed by atoms with Gasteiger partial charge in [0.2, 0.25) is 0 Å². The van der Waals surface area contributed by atoms with E-state index in [1.54, 1.807) is 58.0 Å². The molecular formula is C23H25NO7. The van der Waals surface area contributed by atoms with E-state index in [9.17, 15) is 14.4 Å². The zero-order chi connectivity index (χ0) is 22.8. The predicted octanol–water partition coefficient (Wildman–Crippen LogP) is 4.16. The van der Waals surface area contributed by atoms with Crippen molar-refractivity contribution in [3.8, 4) is 11.5 Å². The lowest BCUT2D eigenvalue weighted by Crippen LogP contribution is -2.44. The summed E-state index contributed by atoms with van der Waals surface area (Å²) in [5.74, 6) is 0.0892. The summed E-state index contributed by atoms with van der Waals surface area (Å²) in [5.41, 5.74) is -0.932. The number of alkyl carbamates (subject to hydrolysis) is 1. The van der Waals surface area contributed by atoms with Gasteiger partial charge in [0.25, 0.3) is 0 Å². The number of esters is 1. The zero-order valence-electron chi connectivity index (χ0n) is 18.1. The van der Waals surface area contributed by atoms with Crippen molar-refractivity contribution in [1.82, 2.24) is 5.32 Å². The fourth-order valence-corrected chi connectivity index (χ4v) is 3.05. The first-order chi connectivity index (χ1) is 14.6. The van der Waals surface area contributed by atoms with Crippen LogP contribution in [0.3, 0.4) is 0 Å². The Morgan fingerprint density at radius 2 is 1.71 bits per heavy atom. The Labute approximate surface area is 179 Å². The minimum atomic E-state index is -0.887. The Morgan fingerprint density at radius 3 is 2.35 bits per heavy atom. The number of benzene rings is 2. The predicted molar refractivity (Wildman–Crippen MR) is 116 cm³/mol. The van der Waals surface area contributed by atoms with Crippen molar-refractivity contribution in [3.05, 3.63) is 46.8 Å². The van der Waals surface area contributed by atoms with E-state index in [0.717, 1.165) is 0 Å². The van der Waals surface area contributed by atoms with Crippen molar-refractivity contribution >= 4 is 33.8 Å². The van der Waals surface area contributed by atoms with Crippen molar-refractivity contribution in [2.45, 2.75) is 45.8 Å². The summed E-state index contributed by atoms with van der Waals surface area (Å²) in [6.07, 6.45) is -0.393. The van der Waals surface area contributed by atoms with E-state index in [1.807, 2.05) is 0 Å². The third-order valence-corrected chi connectivity index (χ3v) is 4.49. The van der Waals surface area contributed by atoms with Gasteiger partial charge in [-0.25, -0.2) is 14.4 Å². The van der Waals surface area contributed by atoms with Crippen molar-refractivity contribution in [3.63, 3.8) is 0 Å². The van der Waals surface area contributed by atoms with Crippen LogP contribution in [0.15, 0.2) is 45.6 Å². The molecule has 3 aromatic rings. The van der Waals surface area contributed by atoms with Gasteiger partial charge in [0.15, 0.2) is 0 Å². The van der Waals surface area contributed by atoms with E-state index in [-0.39, 0.29) is 11.3 Å². The molecule has 0 saturated heterocycles. The number of carbonyl (C=O) groups excluding carboxylic acids is 2. The van der Waals surface area contributed by atoms with Crippen molar-refractivity contribution < 1.29 is 28.2 Å². The molecule has 1 heterocycles. The first kappa shape index (κ1) is 22.1. The van der Waals surface area contributed by atoms with E-state index < -0.39 is 29.3 Å². The molecule has 1 N–H and O–H groups in total. The Balaban J connectivity index is 1.84. The number of amides is 1. The molecule has 1 aromatic heterocycles. The van der Waals surface area contributed by atoms with Crippen LogP contribution < -0.4 is 20.4 Å². The maximum absolute atomic E-state index is 12.5. The number of nitrogens with one attached hydrogen (secondary N) is 1. The molecule has 8 heteroatoms. The second-order valence-corrected chi connectivity index (χ2v) is 7.99. The molecular weight excluding hydrogens is 402 g/mol. The number of fused-ring (bicyclic) bond motifs is 3. The highest BCUT2D eigenvalue weighted by Crippen LogP contribution is 2.28. The number of rotatable bonds is 5. The standard InChI is InChI=1S/C23H25NO7/c1-6-18(24-22(27)31-23(2,3)4)21(26)29-14-8-10-16-15-9-7-13(28-5)11-17(15)20(25)30-19(16)12-14/h7-12,18H,6H2,1-5H3,(H,24,27). The molecule has 0 fully saturated rings. The van der Waals surface area contributed by atoms with Gasteiger partial charge in [-0.3, -0.25) is 0 Å². The number of hydrogen-bond donors (Lipinski definition) is 1. The Hall–Kier alpha value is -3.55. The number of methoxy groups -OCH3 is 1. The molecule has 1 atom stereocenters. The van der Waals surface area contributed by atoms with Crippen LogP contribution in [0.5, 0.6) is 11.5 Å². The molecule has 8 nitrogen and oxygen atoms in total. The smallest absolute Gasteiger partial charge is 0.408 e. The topological polar surface area (TPSA) is 104 Å². The van der Waals surface area contributed by atoms with Crippen LogP contribution in [0, 0.1) is 0 Å². The average Bonchev–Trinajstić information content (AvgIpc) is 2.70. The van der Waals surface area contributed by atoms with Gasteiger partial charge in [0, 0.05) is 16.8 Å². The zero-order valence-corrected chi connectivity index (χ0v) is 18.1. The highest BCUT2D eigenvalue weighted by molar-refractivity contribution is 6.05. The van der Waals surface area contributed by atoms with E-state index in [4.69, 9.17) is 18.6 Å². The summed E-state index contributed by atoms with van der Waals surface area (Å²) in [6.45, 7) is 6.93. The van der Waals surface area contributed by atoms with Gasteiger partial charge in [-0.05, 0) is 57.5 Å². The van der Waals surface area contributed by atoms with Crippen LogP contribution in [-0.4, -0.2) is 30.8 Å². The molecule has 3 rings (SSSR count). The molecule has 1 amide bonds. The highest BCUT2D eigenvalue weighted by Gasteiger charge is 2.24.